The number of rotatable bonds is 9. The zero-order valence-electron chi connectivity index (χ0n) is 15.3. The molecule has 0 fully saturated rings. The molecule has 0 atom stereocenters. The quantitative estimate of drug-likeness (QED) is 0.531. The number of para-hydroxylation sites is 2. The average Bonchev–Trinajstić information content (AvgIpc) is 3.15. The third-order valence-corrected chi connectivity index (χ3v) is 4.66. The van der Waals surface area contributed by atoms with Crippen LogP contribution in [0.15, 0.2) is 53.7 Å². The van der Waals surface area contributed by atoms with Crippen LogP contribution in [0.25, 0.3) is 0 Å². The summed E-state index contributed by atoms with van der Waals surface area (Å²) in [5.74, 6) is 0.226. The Kier molecular flexibility index (Phi) is 6.95. The predicted octanol–water partition coefficient (Wildman–Crippen LogP) is 3.06. The van der Waals surface area contributed by atoms with Crippen LogP contribution in [0, 0.1) is 0 Å². The number of carbonyl (C=O) groups excluding carboxylic acids is 1. The van der Waals surface area contributed by atoms with Gasteiger partial charge in [0.1, 0.15) is 11.5 Å². The number of aromatic nitrogens is 4. The normalized spacial score (nSPS) is 10.8. The second-order valence-electron chi connectivity index (χ2n) is 5.68. The molecule has 0 aliphatic heterocycles. The lowest BCUT2D eigenvalue weighted by Crippen LogP contribution is -2.16. The Labute approximate surface area is 169 Å². The number of halogens is 2. The fourth-order valence-electron chi connectivity index (χ4n) is 2.39. The number of ether oxygens (including phenoxy) is 2. The van der Waals surface area contributed by atoms with E-state index in [1.54, 1.807) is 17.9 Å². The Morgan fingerprint density at radius 3 is 2.69 bits per heavy atom. The van der Waals surface area contributed by atoms with E-state index in [1.807, 2.05) is 24.3 Å². The molecule has 0 radical (unpaired) electrons. The molecule has 3 rings (SSSR count). The van der Waals surface area contributed by atoms with Crippen LogP contribution >= 0.6 is 11.8 Å². The van der Waals surface area contributed by atoms with E-state index >= 15 is 0 Å². The Balaban J connectivity index is 1.58. The number of hydrogen-bond acceptors (Lipinski definition) is 7. The van der Waals surface area contributed by atoms with E-state index in [9.17, 15) is 13.6 Å². The number of thioether (sulfide) groups is 1. The molecular formula is C18H17F2N5O3S. The molecule has 0 bridgehead atoms. The van der Waals surface area contributed by atoms with Gasteiger partial charge < -0.3 is 14.8 Å². The van der Waals surface area contributed by atoms with E-state index < -0.39 is 12.5 Å². The first-order valence-corrected chi connectivity index (χ1v) is 9.39. The highest BCUT2D eigenvalue weighted by Crippen LogP contribution is 2.26. The maximum atomic E-state index is 12.5. The molecule has 0 aliphatic rings. The van der Waals surface area contributed by atoms with E-state index in [-0.39, 0.29) is 17.2 Å². The Morgan fingerprint density at radius 2 is 1.97 bits per heavy atom. The molecular weight excluding hydrogens is 404 g/mol. The van der Waals surface area contributed by atoms with Crippen LogP contribution in [0.1, 0.15) is 5.56 Å². The molecule has 1 N–H and O–H groups in total. The fourth-order valence-corrected chi connectivity index (χ4v) is 3.06. The minimum Gasteiger partial charge on any atom is -0.497 e. The van der Waals surface area contributed by atoms with Crippen molar-refractivity contribution in [3.63, 3.8) is 0 Å². The first-order valence-electron chi connectivity index (χ1n) is 8.40. The van der Waals surface area contributed by atoms with Crippen LogP contribution in [0.5, 0.6) is 11.5 Å². The molecule has 8 nitrogen and oxygen atoms in total. The zero-order valence-corrected chi connectivity index (χ0v) is 16.1. The van der Waals surface area contributed by atoms with Gasteiger partial charge >= 0.3 is 6.61 Å². The maximum absolute atomic E-state index is 12.5. The molecule has 1 aromatic heterocycles. The summed E-state index contributed by atoms with van der Waals surface area (Å²) in [6, 6.07) is 13.4. The van der Waals surface area contributed by atoms with Crippen LogP contribution in [0.4, 0.5) is 14.5 Å². The van der Waals surface area contributed by atoms with Gasteiger partial charge in [-0.3, -0.25) is 4.79 Å². The highest BCUT2D eigenvalue weighted by atomic mass is 32.2. The first-order chi connectivity index (χ1) is 14.0. The maximum Gasteiger partial charge on any atom is 0.387 e. The number of benzene rings is 2. The van der Waals surface area contributed by atoms with Gasteiger partial charge in [0, 0.05) is 0 Å². The number of amides is 1. The molecule has 3 aromatic rings. The topological polar surface area (TPSA) is 91.2 Å². The summed E-state index contributed by atoms with van der Waals surface area (Å²) in [6.07, 6.45) is 0. The Hall–Kier alpha value is -3.21. The van der Waals surface area contributed by atoms with Crippen molar-refractivity contribution in [1.82, 2.24) is 20.2 Å². The van der Waals surface area contributed by atoms with E-state index in [0.717, 1.165) is 23.1 Å². The van der Waals surface area contributed by atoms with Gasteiger partial charge in [0.2, 0.25) is 11.1 Å². The summed E-state index contributed by atoms with van der Waals surface area (Å²) < 4.78 is 36.0. The standard InChI is InChI=1S/C18H17F2N5O3S/c1-27-13-8-6-12(7-9-13)10-25-18(22-23-24-25)29-11-16(26)21-14-4-2-3-5-15(14)28-17(19)20/h2-9,17H,10-11H2,1H3,(H,21,26). The molecule has 0 saturated heterocycles. The predicted molar refractivity (Wildman–Crippen MR) is 102 cm³/mol. The lowest BCUT2D eigenvalue weighted by molar-refractivity contribution is -0.113. The minimum atomic E-state index is -2.98. The largest absolute Gasteiger partial charge is 0.497 e. The number of tetrazole rings is 1. The number of nitrogens with zero attached hydrogens (tertiary/aromatic N) is 4. The molecule has 0 unspecified atom stereocenters. The van der Waals surface area contributed by atoms with Gasteiger partial charge in [0.15, 0.2) is 0 Å². The fraction of sp³-hybridized carbons (Fsp3) is 0.222. The molecule has 29 heavy (non-hydrogen) atoms. The van der Waals surface area contributed by atoms with Crippen LogP contribution in [-0.2, 0) is 11.3 Å². The van der Waals surface area contributed by atoms with Gasteiger partial charge in [-0.25, -0.2) is 4.68 Å². The average molecular weight is 421 g/mol. The molecule has 0 saturated carbocycles. The molecule has 152 valence electrons. The molecule has 2 aromatic carbocycles. The third kappa shape index (κ3) is 5.88. The van der Waals surface area contributed by atoms with Crippen molar-refractivity contribution in [2.24, 2.45) is 0 Å². The van der Waals surface area contributed by atoms with Crippen molar-refractivity contribution in [3.05, 3.63) is 54.1 Å². The SMILES string of the molecule is COc1ccc(Cn2nnnc2SCC(=O)Nc2ccccc2OC(F)F)cc1. The highest BCUT2D eigenvalue weighted by molar-refractivity contribution is 7.99. The summed E-state index contributed by atoms with van der Waals surface area (Å²) in [5.41, 5.74) is 1.12. The van der Waals surface area contributed by atoms with E-state index in [2.05, 4.69) is 25.6 Å². The number of hydrogen-bond donors (Lipinski definition) is 1. The van der Waals surface area contributed by atoms with Crippen LogP contribution < -0.4 is 14.8 Å². The number of anilines is 1. The van der Waals surface area contributed by atoms with Crippen molar-refractivity contribution in [2.45, 2.75) is 18.3 Å². The first kappa shape index (κ1) is 20.5. The van der Waals surface area contributed by atoms with Gasteiger partial charge in [0.05, 0.1) is 25.1 Å². The summed E-state index contributed by atoms with van der Waals surface area (Å²) in [7, 11) is 1.59. The highest BCUT2D eigenvalue weighted by Gasteiger charge is 2.14. The third-order valence-electron chi connectivity index (χ3n) is 3.70. The zero-order chi connectivity index (χ0) is 20.6. The van der Waals surface area contributed by atoms with Crippen LogP contribution in [0.3, 0.4) is 0 Å². The van der Waals surface area contributed by atoms with E-state index in [4.69, 9.17) is 4.74 Å². The number of methoxy groups -OCH3 is 1. The molecule has 1 heterocycles. The van der Waals surface area contributed by atoms with Gasteiger partial charge in [-0.1, -0.05) is 36.0 Å². The molecule has 1 amide bonds. The Bertz CT molecular complexity index is 953. The number of carbonyl (C=O) groups is 1. The lowest BCUT2D eigenvalue weighted by atomic mass is 10.2. The second-order valence-corrected chi connectivity index (χ2v) is 6.62. The summed E-state index contributed by atoms with van der Waals surface area (Å²) in [5, 5.41) is 14.5. The summed E-state index contributed by atoms with van der Waals surface area (Å²) in [6.45, 7) is -2.56. The van der Waals surface area contributed by atoms with Crippen LogP contribution in [0.2, 0.25) is 0 Å². The molecule has 0 aliphatic carbocycles. The van der Waals surface area contributed by atoms with E-state index in [0.29, 0.717) is 11.7 Å². The summed E-state index contributed by atoms with van der Waals surface area (Å²) >= 11 is 1.13. The van der Waals surface area contributed by atoms with Crippen molar-refractivity contribution in [3.8, 4) is 11.5 Å². The monoisotopic (exact) mass is 421 g/mol. The van der Waals surface area contributed by atoms with Crippen LogP contribution in [-0.4, -0.2) is 45.6 Å². The Morgan fingerprint density at radius 1 is 1.21 bits per heavy atom. The van der Waals surface area contributed by atoms with Crippen molar-refractivity contribution in [2.75, 3.05) is 18.2 Å². The van der Waals surface area contributed by atoms with Crippen molar-refractivity contribution < 1.29 is 23.0 Å². The van der Waals surface area contributed by atoms with Gasteiger partial charge in [-0.2, -0.15) is 8.78 Å². The number of alkyl halides is 2. The smallest absolute Gasteiger partial charge is 0.387 e. The van der Waals surface area contributed by atoms with E-state index in [1.165, 1.54) is 18.2 Å². The van der Waals surface area contributed by atoms with Crippen molar-refractivity contribution >= 4 is 23.4 Å². The molecule has 0 spiro atoms. The van der Waals surface area contributed by atoms with Gasteiger partial charge in [-0.05, 0) is 40.3 Å². The second kappa shape index (κ2) is 9.82. The lowest BCUT2D eigenvalue weighted by Gasteiger charge is -2.11. The summed E-state index contributed by atoms with van der Waals surface area (Å²) in [4.78, 5) is 12.2. The number of nitrogens with one attached hydrogen (secondary N) is 1. The minimum absolute atomic E-state index is 0.00794. The molecule has 11 heteroatoms. The van der Waals surface area contributed by atoms with Crippen molar-refractivity contribution in [1.29, 1.82) is 0 Å². The van der Waals surface area contributed by atoms with Gasteiger partial charge in [-0.15, -0.1) is 5.10 Å². The van der Waals surface area contributed by atoms with Gasteiger partial charge in [0.25, 0.3) is 0 Å².